The van der Waals surface area contributed by atoms with Crippen molar-refractivity contribution in [2.75, 3.05) is 34.8 Å². The fourth-order valence-corrected chi connectivity index (χ4v) is 3.97. The number of likely N-dealkylation sites (N-methyl/N-ethyl adjacent to an activating group) is 1. The highest BCUT2D eigenvalue weighted by Crippen LogP contribution is 2.37. The predicted octanol–water partition coefficient (Wildman–Crippen LogP) is 2.96. The van der Waals surface area contributed by atoms with Crippen molar-refractivity contribution in [3.05, 3.63) is 53.8 Å². The molecule has 0 unspecified atom stereocenters. The number of amides is 2. The second-order valence-corrected chi connectivity index (χ2v) is 7.26. The maximum atomic E-state index is 13.1. The topological polar surface area (TPSA) is 79.0 Å². The predicted molar refractivity (Wildman–Crippen MR) is 110 cm³/mol. The fourth-order valence-electron chi connectivity index (χ4n) is 3.97. The first-order valence-corrected chi connectivity index (χ1v) is 9.92. The van der Waals surface area contributed by atoms with Crippen molar-refractivity contribution in [3.8, 4) is 0 Å². The molecule has 2 aromatic rings. The van der Waals surface area contributed by atoms with E-state index in [1.807, 2.05) is 0 Å². The summed E-state index contributed by atoms with van der Waals surface area (Å²) in [5.74, 6) is -1.53. The van der Waals surface area contributed by atoms with Crippen LogP contribution in [0.25, 0.3) is 0 Å². The number of hydrogen-bond acceptors (Lipinski definition) is 5. The lowest BCUT2D eigenvalue weighted by Gasteiger charge is -2.33. The van der Waals surface area contributed by atoms with Gasteiger partial charge in [-0.1, -0.05) is 0 Å². The third-order valence-corrected chi connectivity index (χ3v) is 5.44. The van der Waals surface area contributed by atoms with Crippen molar-refractivity contribution >= 4 is 34.8 Å². The molecule has 1 saturated heterocycles. The lowest BCUT2D eigenvalue weighted by molar-refractivity contribution is -0.121. The Morgan fingerprint density at radius 2 is 2.00 bits per heavy atom. The molecule has 2 heterocycles. The fraction of sp³-hybridized carbons (Fsp3) is 0.318. The van der Waals surface area contributed by atoms with Gasteiger partial charge < -0.3 is 19.9 Å². The van der Waals surface area contributed by atoms with Crippen molar-refractivity contribution in [2.24, 2.45) is 0 Å². The number of nitrogens with zero attached hydrogens (tertiary/aromatic N) is 2. The van der Waals surface area contributed by atoms with Crippen LogP contribution in [0.1, 0.15) is 30.1 Å². The van der Waals surface area contributed by atoms with E-state index >= 15 is 0 Å². The van der Waals surface area contributed by atoms with Crippen molar-refractivity contribution in [1.29, 1.82) is 0 Å². The molecular weight excluding hydrogens is 389 g/mol. The molecular formula is C22H22FN3O4. The first-order valence-electron chi connectivity index (χ1n) is 9.92. The average molecular weight is 411 g/mol. The van der Waals surface area contributed by atoms with Crippen LogP contribution >= 0.6 is 0 Å². The number of carbonyl (C=O) groups is 3. The summed E-state index contributed by atoms with van der Waals surface area (Å²) >= 11 is 0. The highest BCUT2D eigenvalue weighted by Gasteiger charge is 2.36. The van der Waals surface area contributed by atoms with Gasteiger partial charge in [0.05, 0.1) is 16.9 Å². The molecule has 7 nitrogen and oxygen atoms in total. The van der Waals surface area contributed by atoms with Gasteiger partial charge in [-0.3, -0.25) is 9.59 Å². The third-order valence-electron chi connectivity index (χ3n) is 5.44. The molecule has 0 spiro atoms. The third kappa shape index (κ3) is 3.72. The molecule has 0 bridgehead atoms. The molecule has 30 heavy (non-hydrogen) atoms. The van der Waals surface area contributed by atoms with Gasteiger partial charge in [-0.25, -0.2) is 9.18 Å². The molecule has 8 heteroatoms. The zero-order valence-electron chi connectivity index (χ0n) is 16.6. The van der Waals surface area contributed by atoms with Crippen molar-refractivity contribution in [3.63, 3.8) is 0 Å². The van der Waals surface area contributed by atoms with E-state index < -0.39 is 24.3 Å². The monoisotopic (exact) mass is 411 g/mol. The van der Waals surface area contributed by atoms with Gasteiger partial charge in [-0.05, 0) is 62.2 Å². The van der Waals surface area contributed by atoms with Crippen LogP contribution in [0, 0.1) is 5.82 Å². The Kier molecular flexibility index (Phi) is 5.39. The van der Waals surface area contributed by atoms with Crippen LogP contribution in [-0.4, -0.2) is 43.5 Å². The minimum Gasteiger partial charge on any atom is -0.452 e. The number of nitrogens with one attached hydrogen (secondary N) is 1. The lowest BCUT2D eigenvalue weighted by Crippen LogP contribution is -2.43. The van der Waals surface area contributed by atoms with Crippen LogP contribution in [0.4, 0.5) is 21.5 Å². The van der Waals surface area contributed by atoms with Crippen LogP contribution in [0.3, 0.4) is 0 Å². The number of esters is 1. The normalized spacial score (nSPS) is 17.1. The van der Waals surface area contributed by atoms with Crippen LogP contribution in [0.15, 0.2) is 42.5 Å². The molecule has 2 amide bonds. The number of rotatable bonds is 5. The van der Waals surface area contributed by atoms with Gasteiger partial charge in [0.1, 0.15) is 11.9 Å². The van der Waals surface area contributed by atoms with E-state index in [-0.39, 0.29) is 17.5 Å². The molecule has 2 aliphatic rings. The summed E-state index contributed by atoms with van der Waals surface area (Å²) in [5.41, 5.74) is 2.24. The second-order valence-electron chi connectivity index (χ2n) is 7.26. The zero-order valence-corrected chi connectivity index (χ0v) is 16.6. The van der Waals surface area contributed by atoms with Crippen molar-refractivity contribution in [1.82, 2.24) is 0 Å². The summed E-state index contributed by atoms with van der Waals surface area (Å²) in [5, 5.41) is 2.85. The van der Waals surface area contributed by atoms with Gasteiger partial charge in [0.15, 0.2) is 6.61 Å². The molecule has 1 fully saturated rings. The van der Waals surface area contributed by atoms with E-state index in [0.717, 1.165) is 25.1 Å². The lowest BCUT2D eigenvalue weighted by atomic mass is 10.1. The summed E-state index contributed by atoms with van der Waals surface area (Å²) < 4.78 is 18.3. The van der Waals surface area contributed by atoms with Gasteiger partial charge in [0, 0.05) is 18.8 Å². The van der Waals surface area contributed by atoms with Gasteiger partial charge in [-0.2, -0.15) is 0 Å². The summed E-state index contributed by atoms with van der Waals surface area (Å²) in [4.78, 5) is 40.7. The van der Waals surface area contributed by atoms with Crippen LogP contribution in [0.2, 0.25) is 0 Å². The molecule has 4 rings (SSSR count). The number of ether oxygens (including phenoxy) is 1. The Labute approximate surface area is 173 Å². The minimum absolute atomic E-state index is 0.0708. The quantitative estimate of drug-likeness (QED) is 0.766. The SMILES string of the molecule is CCN(C(=O)COC(=O)c1ccc2c(c1)NC(=O)[C@H]1CCCN21)c1ccc(F)cc1. The second kappa shape index (κ2) is 8.14. The van der Waals surface area contributed by atoms with Gasteiger partial charge in [0.25, 0.3) is 5.91 Å². The Balaban J connectivity index is 1.43. The average Bonchev–Trinajstić information content (AvgIpc) is 3.24. The minimum atomic E-state index is -0.654. The molecule has 0 aromatic heterocycles. The van der Waals surface area contributed by atoms with E-state index in [0.29, 0.717) is 17.9 Å². The largest absolute Gasteiger partial charge is 0.452 e. The summed E-state index contributed by atoms with van der Waals surface area (Å²) in [6, 6.07) is 10.4. The maximum absolute atomic E-state index is 13.1. The van der Waals surface area contributed by atoms with Crippen LogP contribution in [-0.2, 0) is 14.3 Å². The van der Waals surface area contributed by atoms with Gasteiger partial charge in [-0.15, -0.1) is 0 Å². The molecule has 1 atom stereocenters. The maximum Gasteiger partial charge on any atom is 0.338 e. The van der Waals surface area contributed by atoms with Gasteiger partial charge in [0.2, 0.25) is 5.91 Å². The number of anilines is 3. The van der Waals surface area contributed by atoms with E-state index in [9.17, 15) is 18.8 Å². The highest BCUT2D eigenvalue weighted by molar-refractivity contribution is 6.05. The van der Waals surface area contributed by atoms with Crippen LogP contribution < -0.4 is 15.1 Å². The van der Waals surface area contributed by atoms with Crippen LogP contribution in [0.5, 0.6) is 0 Å². The number of benzene rings is 2. The number of fused-ring (bicyclic) bond motifs is 3. The molecule has 2 aliphatic heterocycles. The Morgan fingerprint density at radius 1 is 1.23 bits per heavy atom. The highest BCUT2D eigenvalue weighted by atomic mass is 19.1. The van der Waals surface area contributed by atoms with Crippen molar-refractivity contribution in [2.45, 2.75) is 25.8 Å². The number of hydrogen-bond donors (Lipinski definition) is 1. The van der Waals surface area contributed by atoms with Gasteiger partial charge >= 0.3 is 5.97 Å². The molecule has 0 saturated carbocycles. The Hall–Kier alpha value is -3.42. The first kappa shape index (κ1) is 19.9. The number of halogens is 1. The van der Waals surface area contributed by atoms with E-state index in [2.05, 4.69) is 10.2 Å². The van der Waals surface area contributed by atoms with Crippen molar-refractivity contribution < 1.29 is 23.5 Å². The Morgan fingerprint density at radius 3 is 2.73 bits per heavy atom. The molecule has 0 aliphatic carbocycles. The van der Waals surface area contributed by atoms with E-state index in [4.69, 9.17) is 4.74 Å². The summed E-state index contributed by atoms with van der Waals surface area (Å²) in [6.07, 6.45) is 1.77. The number of carbonyl (C=O) groups excluding carboxylic acids is 3. The van der Waals surface area contributed by atoms with E-state index in [1.54, 1.807) is 25.1 Å². The summed E-state index contributed by atoms with van der Waals surface area (Å²) in [7, 11) is 0. The first-order chi connectivity index (χ1) is 14.5. The summed E-state index contributed by atoms with van der Waals surface area (Å²) in [6.45, 7) is 2.49. The molecule has 0 radical (unpaired) electrons. The molecule has 1 N–H and O–H groups in total. The Bertz CT molecular complexity index is 992. The standard InChI is InChI=1S/C22H22FN3O4/c1-2-25(16-8-6-15(23)7-9-16)20(27)13-30-22(29)14-5-10-18-17(12-14)24-21(28)19-4-3-11-26(18)19/h5-10,12,19H,2-4,11,13H2,1H3,(H,24,28)/t19-/m1/s1. The van der Waals surface area contributed by atoms with E-state index in [1.165, 1.54) is 29.2 Å². The smallest absolute Gasteiger partial charge is 0.338 e. The zero-order chi connectivity index (χ0) is 21.3. The molecule has 2 aromatic carbocycles. The molecule has 156 valence electrons.